The van der Waals surface area contributed by atoms with E-state index in [1.807, 2.05) is 0 Å². The molecule has 5 atom stereocenters. The topological polar surface area (TPSA) is 207 Å². The van der Waals surface area contributed by atoms with Gasteiger partial charge in [0.05, 0.1) is 18.9 Å². The smallest absolute Gasteiger partial charge is 0.348 e. The van der Waals surface area contributed by atoms with Crippen LogP contribution in [0.15, 0.2) is 11.0 Å². The molecule has 14 nitrogen and oxygen atoms in total. The van der Waals surface area contributed by atoms with Crippen LogP contribution in [0.1, 0.15) is 12.6 Å². The van der Waals surface area contributed by atoms with E-state index in [9.17, 15) is 45.3 Å². The van der Waals surface area contributed by atoms with Crippen molar-refractivity contribution in [2.75, 3.05) is 6.61 Å². The Morgan fingerprint density at radius 2 is 1.79 bits per heavy atom. The molecule has 0 aliphatic carbocycles. The summed E-state index contributed by atoms with van der Waals surface area (Å²) in [7, 11) is -17.4. The fourth-order valence-corrected chi connectivity index (χ4v) is 5.82. The zero-order valence-corrected chi connectivity index (χ0v) is 18.8. The fraction of sp³-hybridized carbons (Fsp3) is 0.600. The Labute approximate surface area is 183 Å². The average Bonchev–Trinajstić information content (AvgIpc) is 2.91. The van der Waals surface area contributed by atoms with Gasteiger partial charge in [0.15, 0.2) is 11.0 Å². The lowest BCUT2D eigenvalue weighted by molar-refractivity contribution is -0.256. The third kappa shape index (κ3) is 7.06. The van der Waals surface area contributed by atoms with Gasteiger partial charge in [0, 0.05) is 6.42 Å². The van der Waals surface area contributed by atoms with Crippen molar-refractivity contribution in [2.45, 2.75) is 30.6 Å². The molecule has 0 spiro atoms. The van der Waals surface area contributed by atoms with Crippen LogP contribution in [0.3, 0.4) is 0 Å². The zero-order valence-electron chi connectivity index (χ0n) is 15.3. The number of aromatic nitrogens is 2. The number of rotatable bonds is 8. The first-order valence-corrected chi connectivity index (χ1v) is 12.8. The first kappa shape index (κ1) is 28.4. The van der Waals surface area contributed by atoms with E-state index in [2.05, 4.69) is 25.4 Å². The second-order valence-corrected chi connectivity index (χ2v) is 11.0. The summed E-state index contributed by atoms with van der Waals surface area (Å²) in [5.74, 6) is -1.64. The molecule has 1 aromatic rings. The van der Waals surface area contributed by atoms with E-state index in [0.29, 0.717) is 0 Å². The molecule has 1 fully saturated rings. The molecule has 0 saturated carbocycles. The standard InChI is InChI=1S/C10H12F5N2O12P3S/c11-5-2-17(8(33)16-6(5)18)7-9(12,10(13,14)15)1-4(27-7)3-26-31(22,23)29-32(24,25)28-30(19,20)21/h2,4,7H,1,3H2,(H,22,23)(H,24,25)(H,16,18,33)(H2,19,20,21). The maximum Gasteiger partial charge on any atom is 0.490 e. The number of hydrogen-bond acceptors (Lipinski definition) is 9. The third-order valence-corrected chi connectivity index (χ3v) is 7.84. The van der Waals surface area contributed by atoms with Crippen molar-refractivity contribution in [1.29, 1.82) is 0 Å². The lowest BCUT2D eigenvalue weighted by Gasteiger charge is -2.29. The Bertz CT molecular complexity index is 1170. The Kier molecular flexibility index (Phi) is 7.99. The van der Waals surface area contributed by atoms with Gasteiger partial charge >= 0.3 is 29.6 Å². The van der Waals surface area contributed by atoms with Gasteiger partial charge in [-0.15, -0.1) is 0 Å². The molecule has 1 aliphatic rings. The molecule has 2 heterocycles. The summed E-state index contributed by atoms with van der Waals surface area (Å²) in [6, 6.07) is 0. The third-order valence-electron chi connectivity index (χ3n) is 3.73. The molecule has 0 radical (unpaired) electrons. The van der Waals surface area contributed by atoms with Crippen molar-refractivity contribution < 1.29 is 73.1 Å². The van der Waals surface area contributed by atoms with Crippen LogP contribution in [0.2, 0.25) is 0 Å². The SMILES string of the molecule is O=c1[nH]c(=S)n(C2OC(COP(=O)(O)OP(=O)(O)OP(=O)(O)O)CC2(F)C(F)(F)F)cc1F. The Balaban J connectivity index is 2.25. The molecule has 23 heteroatoms. The van der Waals surface area contributed by atoms with Crippen molar-refractivity contribution in [3.8, 4) is 0 Å². The van der Waals surface area contributed by atoms with Gasteiger partial charge in [-0.05, 0) is 12.2 Å². The largest absolute Gasteiger partial charge is 0.490 e. The highest BCUT2D eigenvalue weighted by Gasteiger charge is 2.67. The lowest BCUT2D eigenvalue weighted by atomic mass is 9.99. The molecule has 190 valence electrons. The molecule has 1 aliphatic heterocycles. The molecule has 1 aromatic heterocycles. The Morgan fingerprint density at radius 3 is 2.30 bits per heavy atom. The summed E-state index contributed by atoms with van der Waals surface area (Å²) in [5, 5.41) is 0. The van der Waals surface area contributed by atoms with Gasteiger partial charge < -0.3 is 24.3 Å². The predicted octanol–water partition coefficient (Wildman–Crippen LogP) is 1.95. The second-order valence-electron chi connectivity index (χ2n) is 6.21. The minimum absolute atomic E-state index is 0.102. The van der Waals surface area contributed by atoms with Gasteiger partial charge in [-0.25, -0.2) is 18.1 Å². The average molecular weight is 572 g/mol. The van der Waals surface area contributed by atoms with Crippen LogP contribution >= 0.6 is 35.7 Å². The number of nitrogens with one attached hydrogen (secondary N) is 1. The molecular weight excluding hydrogens is 560 g/mol. The van der Waals surface area contributed by atoms with Gasteiger partial charge in [-0.2, -0.15) is 26.2 Å². The summed E-state index contributed by atoms with van der Waals surface area (Å²) in [4.78, 5) is 48.0. The monoisotopic (exact) mass is 572 g/mol. The van der Waals surface area contributed by atoms with Gasteiger partial charge in [-0.3, -0.25) is 18.9 Å². The maximum absolute atomic E-state index is 15.0. The normalized spacial score (nSPS) is 27.8. The number of aromatic amines is 1. The molecule has 33 heavy (non-hydrogen) atoms. The highest BCUT2D eigenvalue weighted by atomic mass is 32.1. The predicted molar refractivity (Wildman–Crippen MR) is 94.1 cm³/mol. The summed E-state index contributed by atoms with van der Waals surface area (Å²) in [5.41, 5.74) is -5.71. The number of H-pyrrole nitrogens is 1. The molecule has 5 unspecified atom stereocenters. The van der Waals surface area contributed by atoms with Crippen LogP contribution in [0.5, 0.6) is 0 Å². The van der Waals surface area contributed by atoms with Crippen molar-refractivity contribution in [3.05, 3.63) is 27.1 Å². The van der Waals surface area contributed by atoms with Crippen LogP contribution in [-0.2, 0) is 31.6 Å². The van der Waals surface area contributed by atoms with Crippen molar-refractivity contribution in [1.82, 2.24) is 9.55 Å². The molecule has 1 saturated heterocycles. The minimum atomic E-state index is -5.92. The van der Waals surface area contributed by atoms with E-state index in [1.54, 1.807) is 4.98 Å². The number of nitrogens with zero attached hydrogens (tertiary/aromatic N) is 1. The number of halogens is 5. The van der Waals surface area contributed by atoms with Crippen LogP contribution in [-0.4, -0.2) is 53.7 Å². The van der Waals surface area contributed by atoms with E-state index in [1.165, 1.54) is 0 Å². The quantitative estimate of drug-likeness (QED) is 0.172. The van der Waals surface area contributed by atoms with Gasteiger partial charge in [-0.1, -0.05) is 0 Å². The summed E-state index contributed by atoms with van der Waals surface area (Å²) in [6.45, 7) is -1.42. The first-order chi connectivity index (χ1) is 14.7. The van der Waals surface area contributed by atoms with Gasteiger partial charge in [0.2, 0.25) is 5.82 Å². The molecule has 2 rings (SSSR count). The number of ether oxygens (including phenoxy) is 1. The Morgan fingerprint density at radius 1 is 1.21 bits per heavy atom. The summed E-state index contributed by atoms with van der Waals surface area (Å²) >= 11 is 4.58. The van der Waals surface area contributed by atoms with Crippen LogP contribution in [0, 0.1) is 10.6 Å². The lowest BCUT2D eigenvalue weighted by Crippen LogP contribution is -2.46. The minimum Gasteiger partial charge on any atom is -0.348 e. The van der Waals surface area contributed by atoms with E-state index in [-0.39, 0.29) is 10.8 Å². The molecular formula is C10H12F5N2O12P3S. The van der Waals surface area contributed by atoms with Gasteiger partial charge in [0.1, 0.15) is 0 Å². The summed E-state index contributed by atoms with van der Waals surface area (Å²) < 4.78 is 117. The van der Waals surface area contributed by atoms with Crippen molar-refractivity contribution in [2.24, 2.45) is 0 Å². The highest BCUT2D eigenvalue weighted by Crippen LogP contribution is 2.66. The number of phosphoric acid groups is 3. The van der Waals surface area contributed by atoms with Crippen molar-refractivity contribution >= 4 is 35.7 Å². The van der Waals surface area contributed by atoms with Crippen LogP contribution < -0.4 is 5.56 Å². The maximum atomic E-state index is 15.0. The molecule has 0 bridgehead atoms. The van der Waals surface area contributed by atoms with E-state index >= 15 is 0 Å². The van der Waals surface area contributed by atoms with Gasteiger partial charge in [0.25, 0.3) is 11.2 Å². The number of phosphoric ester groups is 1. The number of hydrogen-bond donors (Lipinski definition) is 5. The second kappa shape index (κ2) is 9.29. The van der Waals surface area contributed by atoms with E-state index < -0.39 is 76.8 Å². The Hall–Kier alpha value is -0.880. The first-order valence-electron chi connectivity index (χ1n) is 7.86. The van der Waals surface area contributed by atoms with E-state index in [4.69, 9.17) is 19.4 Å². The number of alkyl halides is 4. The zero-order chi connectivity index (χ0) is 25.6. The highest BCUT2D eigenvalue weighted by molar-refractivity contribution is 7.71. The van der Waals surface area contributed by atoms with Crippen LogP contribution in [0.4, 0.5) is 22.0 Å². The fourth-order valence-electron chi connectivity index (χ4n) is 2.53. The molecule has 0 amide bonds. The summed E-state index contributed by atoms with van der Waals surface area (Å²) in [6.07, 6.45) is -11.9. The van der Waals surface area contributed by atoms with Crippen LogP contribution in [0.25, 0.3) is 0 Å². The molecule has 0 aromatic carbocycles. The van der Waals surface area contributed by atoms with Crippen molar-refractivity contribution in [3.63, 3.8) is 0 Å². The molecule has 5 N–H and O–H groups in total. The van der Waals surface area contributed by atoms with E-state index in [0.717, 1.165) is 0 Å².